The third-order valence-corrected chi connectivity index (χ3v) is 5.24. The SMILES string of the molecule is Cc1noc(C)c1-c1ccc2ncnc(NCc3ccc(C(C)(C)C)cc3)c2c1. The molecular weight excluding hydrogens is 360 g/mol. The summed E-state index contributed by atoms with van der Waals surface area (Å²) in [4.78, 5) is 8.90. The number of nitrogens with one attached hydrogen (secondary N) is 1. The summed E-state index contributed by atoms with van der Waals surface area (Å²) < 4.78 is 5.33. The molecule has 4 rings (SSSR count). The third kappa shape index (κ3) is 3.86. The number of benzene rings is 2. The second-order valence-corrected chi connectivity index (χ2v) is 8.45. The average Bonchev–Trinajstić information content (AvgIpc) is 3.04. The fraction of sp³-hybridized carbons (Fsp3) is 0.292. The summed E-state index contributed by atoms with van der Waals surface area (Å²) in [6.45, 7) is 11.3. The highest BCUT2D eigenvalue weighted by atomic mass is 16.5. The number of aryl methyl sites for hydroxylation is 2. The molecule has 2 heterocycles. The molecule has 0 aliphatic carbocycles. The fourth-order valence-corrected chi connectivity index (χ4v) is 3.56. The van der Waals surface area contributed by atoms with E-state index in [2.05, 4.69) is 77.6 Å². The lowest BCUT2D eigenvalue weighted by atomic mass is 9.87. The second-order valence-electron chi connectivity index (χ2n) is 8.45. The van der Waals surface area contributed by atoms with Gasteiger partial charge in [0.25, 0.3) is 0 Å². The highest BCUT2D eigenvalue weighted by Gasteiger charge is 2.14. The minimum absolute atomic E-state index is 0.156. The fourth-order valence-electron chi connectivity index (χ4n) is 3.56. The molecule has 5 heteroatoms. The molecule has 148 valence electrons. The smallest absolute Gasteiger partial charge is 0.141 e. The van der Waals surface area contributed by atoms with E-state index < -0.39 is 0 Å². The zero-order valence-electron chi connectivity index (χ0n) is 17.6. The van der Waals surface area contributed by atoms with Crippen LogP contribution in [0.5, 0.6) is 0 Å². The summed E-state index contributed by atoms with van der Waals surface area (Å²) in [5.74, 6) is 1.63. The number of hydrogen-bond donors (Lipinski definition) is 1. The van der Waals surface area contributed by atoms with E-state index in [1.165, 1.54) is 11.1 Å². The lowest BCUT2D eigenvalue weighted by Gasteiger charge is -2.19. The molecule has 2 aromatic heterocycles. The number of anilines is 1. The Bertz CT molecular complexity index is 1130. The van der Waals surface area contributed by atoms with Crippen LogP contribution in [0.25, 0.3) is 22.0 Å². The van der Waals surface area contributed by atoms with E-state index in [0.717, 1.165) is 39.3 Å². The van der Waals surface area contributed by atoms with E-state index in [9.17, 15) is 0 Å². The lowest BCUT2D eigenvalue weighted by molar-refractivity contribution is 0.393. The molecule has 0 radical (unpaired) electrons. The molecule has 1 N–H and O–H groups in total. The van der Waals surface area contributed by atoms with Gasteiger partial charge in [-0.15, -0.1) is 0 Å². The normalized spacial score (nSPS) is 11.8. The summed E-state index contributed by atoms with van der Waals surface area (Å²) in [5.41, 5.74) is 6.57. The van der Waals surface area contributed by atoms with Crippen molar-refractivity contribution in [1.29, 1.82) is 0 Å². The minimum Gasteiger partial charge on any atom is -0.365 e. The van der Waals surface area contributed by atoms with Gasteiger partial charge in [-0.05, 0) is 48.1 Å². The van der Waals surface area contributed by atoms with Gasteiger partial charge in [0.2, 0.25) is 0 Å². The molecule has 0 saturated heterocycles. The van der Waals surface area contributed by atoms with Crippen LogP contribution < -0.4 is 5.32 Å². The molecular formula is C24H26N4O. The first-order valence-corrected chi connectivity index (χ1v) is 9.84. The van der Waals surface area contributed by atoms with Gasteiger partial charge >= 0.3 is 0 Å². The van der Waals surface area contributed by atoms with Gasteiger partial charge < -0.3 is 9.84 Å². The van der Waals surface area contributed by atoms with E-state index in [1.807, 2.05) is 19.9 Å². The second kappa shape index (κ2) is 7.32. The van der Waals surface area contributed by atoms with Crippen LogP contribution in [0, 0.1) is 13.8 Å². The Kier molecular flexibility index (Phi) is 4.82. The van der Waals surface area contributed by atoms with Crippen molar-refractivity contribution >= 4 is 16.7 Å². The van der Waals surface area contributed by atoms with E-state index >= 15 is 0 Å². The zero-order valence-corrected chi connectivity index (χ0v) is 17.6. The first-order chi connectivity index (χ1) is 13.8. The van der Waals surface area contributed by atoms with Crippen molar-refractivity contribution in [2.45, 2.75) is 46.6 Å². The van der Waals surface area contributed by atoms with Crippen molar-refractivity contribution in [3.05, 3.63) is 71.4 Å². The van der Waals surface area contributed by atoms with Crippen LogP contribution in [0.15, 0.2) is 53.3 Å². The number of rotatable bonds is 4. The quantitative estimate of drug-likeness (QED) is 0.479. The molecule has 0 aliphatic heterocycles. The molecule has 0 saturated carbocycles. The predicted molar refractivity (Wildman–Crippen MR) is 117 cm³/mol. The van der Waals surface area contributed by atoms with Gasteiger partial charge in [-0.3, -0.25) is 0 Å². The molecule has 0 fully saturated rings. The van der Waals surface area contributed by atoms with Gasteiger partial charge in [0.1, 0.15) is 17.9 Å². The van der Waals surface area contributed by atoms with Crippen LogP contribution in [0.1, 0.15) is 43.4 Å². The van der Waals surface area contributed by atoms with Crippen molar-refractivity contribution in [1.82, 2.24) is 15.1 Å². The largest absolute Gasteiger partial charge is 0.365 e. The Hall–Kier alpha value is -3.21. The Morgan fingerprint density at radius 2 is 1.72 bits per heavy atom. The van der Waals surface area contributed by atoms with Crippen LogP contribution in [-0.4, -0.2) is 15.1 Å². The zero-order chi connectivity index (χ0) is 20.6. The first-order valence-electron chi connectivity index (χ1n) is 9.84. The van der Waals surface area contributed by atoms with Crippen molar-refractivity contribution in [3.63, 3.8) is 0 Å². The maximum absolute atomic E-state index is 5.33. The van der Waals surface area contributed by atoms with Gasteiger partial charge in [0.15, 0.2) is 0 Å². The monoisotopic (exact) mass is 386 g/mol. The Morgan fingerprint density at radius 1 is 0.966 bits per heavy atom. The van der Waals surface area contributed by atoms with E-state index in [4.69, 9.17) is 4.52 Å². The van der Waals surface area contributed by atoms with Crippen LogP contribution in [-0.2, 0) is 12.0 Å². The maximum Gasteiger partial charge on any atom is 0.141 e. The summed E-state index contributed by atoms with van der Waals surface area (Å²) >= 11 is 0. The van der Waals surface area contributed by atoms with Gasteiger partial charge in [0, 0.05) is 17.5 Å². The van der Waals surface area contributed by atoms with Crippen molar-refractivity contribution < 1.29 is 4.52 Å². The Balaban J connectivity index is 1.63. The third-order valence-electron chi connectivity index (χ3n) is 5.24. The topological polar surface area (TPSA) is 63.8 Å². The highest BCUT2D eigenvalue weighted by Crippen LogP contribution is 2.31. The number of nitrogens with zero attached hydrogens (tertiary/aromatic N) is 3. The van der Waals surface area contributed by atoms with Gasteiger partial charge in [-0.25, -0.2) is 9.97 Å². The molecule has 29 heavy (non-hydrogen) atoms. The molecule has 0 unspecified atom stereocenters. The molecule has 0 spiro atoms. The van der Waals surface area contributed by atoms with Crippen LogP contribution >= 0.6 is 0 Å². The molecule has 4 aromatic rings. The number of fused-ring (bicyclic) bond motifs is 1. The molecule has 5 nitrogen and oxygen atoms in total. The molecule has 0 atom stereocenters. The molecule has 0 amide bonds. The first kappa shape index (κ1) is 19.1. The number of hydrogen-bond acceptors (Lipinski definition) is 5. The van der Waals surface area contributed by atoms with E-state index in [1.54, 1.807) is 6.33 Å². The average molecular weight is 386 g/mol. The predicted octanol–water partition coefficient (Wildman–Crippen LogP) is 5.81. The Labute approximate surface area is 171 Å². The molecule has 0 aliphatic rings. The van der Waals surface area contributed by atoms with Crippen LogP contribution in [0.3, 0.4) is 0 Å². The summed E-state index contributed by atoms with van der Waals surface area (Å²) in [7, 11) is 0. The summed E-state index contributed by atoms with van der Waals surface area (Å²) in [6.07, 6.45) is 1.60. The van der Waals surface area contributed by atoms with Gasteiger partial charge in [-0.2, -0.15) is 0 Å². The molecule has 0 bridgehead atoms. The maximum atomic E-state index is 5.33. The van der Waals surface area contributed by atoms with Crippen LogP contribution in [0.2, 0.25) is 0 Å². The van der Waals surface area contributed by atoms with Gasteiger partial charge in [0.05, 0.1) is 11.2 Å². The summed E-state index contributed by atoms with van der Waals surface area (Å²) in [5, 5.41) is 8.53. The van der Waals surface area contributed by atoms with Crippen LogP contribution in [0.4, 0.5) is 5.82 Å². The van der Waals surface area contributed by atoms with Crippen molar-refractivity contribution in [3.8, 4) is 11.1 Å². The molecule has 2 aromatic carbocycles. The Morgan fingerprint density at radius 3 is 2.38 bits per heavy atom. The lowest BCUT2D eigenvalue weighted by Crippen LogP contribution is -2.11. The highest BCUT2D eigenvalue weighted by molar-refractivity contribution is 5.92. The number of aromatic nitrogens is 3. The minimum atomic E-state index is 0.156. The van der Waals surface area contributed by atoms with E-state index in [0.29, 0.717) is 6.54 Å². The van der Waals surface area contributed by atoms with Crippen molar-refractivity contribution in [2.24, 2.45) is 0 Å². The van der Waals surface area contributed by atoms with Gasteiger partial charge in [-0.1, -0.05) is 56.3 Å². The van der Waals surface area contributed by atoms with E-state index in [-0.39, 0.29) is 5.41 Å². The standard InChI is InChI=1S/C24H26N4O/c1-15-22(16(2)29-28-15)18-8-11-21-20(12-18)23(27-14-26-21)25-13-17-6-9-19(10-7-17)24(3,4)5/h6-12,14H,13H2,1-5H3,(H,25,26,27). The van der Waals surface area contributed by atoms with Crippen molar-refractivity contribution in [2.75, 3.05) is 5.32 Å². The summed E-state index contributed by atoms with van der Waals surface area (Å²) in [6, 6.07) is 14.9.